The van der Waals surface area contributed by atoms with Gasteiger partial charge in [0.05, 0.1) is 34.3 Å². The Balaban J connectivity index is 1.60. The van der Waals surface area contributed by atoms with Crippen molar-refractivity contribution in [3.63, 3.8) is 0 Å². The Morgan fingerprint density at radius 2 is 0.870 bits per heavy atom. The molecule has 0 atom stereocenters. The average Bonchev–Trinajstić information content (AvgIpc) is 3.34. The quantitative estimate of drug-likeness (QED) is 0.175. The molecule has 0 nitrogen and oxygen atoms in total. The SMILES string of the molecule is [2H]c1c([2H])c(-c2c3c([2H])c([2H])c([2H])c([2H])c3c(-c3c([2H])c([2H])c4c([2H])c([2H])c([2H])c([2H])c4c3[2H])c3c([2H])c(-c4ccccc4)c([2H])c([2H])c23)c([2H])c([2H])c1-c1c([2H])c([2H])c([2H])c2c([2H])c([2H])c([2H])c([2H])c12. The predicted octanol–water partition coefficient (Wildman–Crippen LogP) is 13.0. The van der Waals surface area contributed by atoms with Crippen molar-refractivity contribution in [3.05, 3.63) is 181 Å². The third kappa shape index (κ3) is 4.38. The van der Waals surface area contributed by atoms with Gasteiger partial charge in [0.1, 0.15) is 0 Å². The van der Waals surface area contributed by atoms with E-state index in [1.165, 1.54) is 12.1 Å². The maximum absolute atomic E-state index is 9.93. The maximum atomic E-state index is 9.93. The molecule has 0 amide bonds. The van der Waals surface area contributed by atoms with Crippen LogP contribution in [0.15, 0.2) is 181 Å². The zero-order chi connectivity index (χ0) is 52.2. The van der Waals surface area contributed by atoms with Gasteiger partial charge < -0.3 is 0 Å². The summed E-state index contributed by atoms with van der Waals surface area (Å²) < 4.78 is 226. The van der Waals surface area contributed by atoms with Gasteiger partial charge in [-0.2, -0.15) is 0 Å². The summed E-state index contributed by atoms with van der Waals surface area (Å²) in [6, 6.07) is -14.0. The molecular formula is C46H30. The van der Waals surface area contributed by atoms with Gasteiger partial charge in [-0.05, 0) is 99.7 Å². The van der Waals surface area contributed by atoms with Crippen LogP contribution in [0.5, 0.6) is 0 Å². The van der Waals surface area contributed by atoms with Crippen LogP contribution in [-0.2, 0) is 0 Å². The highest BCUT2D eigenvalue weighted by molar-refractivity contribution is 6.22. The van der Waals surface area contributed by atoms with Crippen LogP contribution in [-0.4, -0.2) is 0 Å². The highest BCUT2D eigenvalue weighted by atomic mass is 14.2. The van der Waals surface area contributed by atoms with Crippen molar-refractivity contribution in [2.75, 3.05) is 0 Å². The van der Waals surface area contributed by atoms with E-state index in [2.05, 4.69) is 0 Å². The van der Waals surface area contributed by atoms with Gasteiger partial charge in [0.2, 0.25) is 0 Å². The lowest BCUT2D eigenvalue weighted by molar-refractivity contribution is 1.62. The van der Waals surface area contributed by atoms with E-state index in [4.69, 9.17) is 19.2 Å². The van der Waals surface area contributed by atoms with Gasteiger partial charge in [-0.1, -0.05) is 169 Å². The third-order valence-electron chi connectivity index (χ3n) is 7.50. The van der Waals surface area contributed by atoms with Gasteiger partial charge in [0.15, 0.2) is 0 Å². The number of benzene rings is 9. The molecule has 0 heterocycles. The first-order chi connectivity index (χ1) is 33.3. The zero-order valence-corrected chi connectivity index (χ0v) is 23.4. The minimum atomic E-state index is -1.04. The number of hydrogen-bond donors (Lipinski definition) is 0. The summed E-state index contributed by atoms with van der Waals surface area (Å²) in [5, 5.41) is -4.76. The van der Waals surface area contributed by atoms with E-state index >= 15 is 0 Å². The van der Waals surface area contributed by atoms with E-state index < -0.39 is 228 Å². The largest absolute Gasteiger partial charge is 0.0636 e. The van der Waals surface area contributed by atoms with Gasteiger partial charge in [-0.15, -0.1) is 0 Å². The van der Waals surface area contributed by atoms with Crippen molar-refractivity contribution < 1.29 is 34.3 Å². The van der Waals surface area contributed by atoms with Gasteiger partial charge in [0.25, 0.3) is 0 Å². The summed E-state index contributed by atoms with van der Waals surface area (Å²) in [4.78, 5) is 0. The van der Waals surface area contributed by atoms with E-state index in [0.29, 0.717) is 0 Å². The Kier molecular flexibility index (Phi) is 2.70. The van der Waals surface area contributed by atoms with Crippen molar-refractivity contribution >= 4 is 43.1 Å². The summed E-state index contributed by atoms with van der Waals surface area (Å²) in [7, 11) is 0. The standard InChI is InChI=1S/C46H30/c1-2-11-31(12-3-1)37-27-28-43-44(30-37)46(38-26-21-32-13-4-5-15-36(32)29-38)42-19-9-8-18-41(42)45(43)35-24-22-34(23-25-35)40-20-10-16-33-14-6-7-17-39(33)40/h1-30H/i4D,5D,6D,7D,8D,9D,10D,13D,14D,15D,16D,17D,18D,19D,20D,21D,22D,23D,24D,25D,26D,27D,28D,29D,30D. The first-order valence-electron chi connectivity index (χ1n) is 26.4. The second-order valence-electron chi connectivity index (χ2n) is 10.1. The molecule has 0 aliphatic rings. The Hall–Kier alpha value is -5.98. The van der Waals surface area contributed by atoms with Crippen LogP contribution in [0.3, 0.4) is 0 Å². The summed E-state index contributed by atoms with van der Waals surface area (Å²) >= 11 is 0. The van der Waals surface area contributed by atoms with E-state index in [1.54, 1.807) is 18.2 Å². The fourth-order valence-corrected chi connectivity index (χ4v) is 5.44. The van der Waals surface area contributed by atoms with Crippen molar-refractivity contribution in [2.45, 2.75) is 0 Å². The van der Waals surface area contributed by atoms with Crippen LogP contribution in [0.25, 0.3) is 87.6 Å². The Bertz CT molecular complexity index is 3940. The topological polar surface area (TPSA) is 0 Å². The van der Waals surface area contributed by atoms with E-state index in [-0.39, 0.29) is 11.1 Å². The highest BCUT2D eigenvalue weighted by Crippen LogP contribution is 2.45. The number of fused-ring (bicyclic) bond motifs is 4. The molecule has 0 saturated carbocycles. The highest BCUT2D eigenvalue weighted by Gasteiger charge is 2.18. The molecule has 0 fully saturated rings. The minimum Gasteiger partial charge on any atom is -0.0622 e. The maximum Gasteiger partial charge on any atom is 0.0636 e. The molecule has 214 valence electrons. The van der Waals surface area contributed by atoms with E-state index in [1.807, 2.05) is 0 Å². The molecule has 9 rings (SSSR count). The smallest absolute Gasteiger partial charge is 0.0622 e. The van der Waals surface area contributed by atoms with Crippen LogP contribution < -0.4 is 0 Å². The predicted molar refractivity (Wildman–Crippen MR) is 198 cm³/mol. The fourth-order valence-electron chi connectivity index (χ4n) is 5.44. The molecule has 0 N–H and O–H groups in total. The summed E-state index contributed by atoms with van der Waals surface area (Å²) in [6.45, 7) is 0. The summed E-state index contributed by atoms with van der Waals surface area (Å²) in [6.07, 6.45) is 0. The molecule has 0 aliphatic carbocycles. The lowest BCUT2D eigenvalue weighted by atomic mass is 9.84. The van der Waals surface area contributed by atoms with Crippen molar-refractivity contribution in [1.82, 2.24) is 0 Å². The second kappa shape index (κ2) is 10.9. The number of hydrogen-bond acceptors (Lipinski definition) is 0. The van der Waals surface area contributed by atoms with Crippen LogP contribution in [0.2, 0.25) is 0 Å². The van der Waals surface area contributed by atoms with Crippen LogP contribution in [0, 0.1) is 0 Å². The molecule has 9 aromatic carbocycles. The van der Waals surface area contributed by atoms with Gasteiger partial charge in [0, 0.05) is 0 Å². The van der Waals surface area contributed by atoms with Gasteiger partial charge in [-0.3, -0.25) is 0 Å². The average molecular weight is 608 g/mol. The Morgan fingerprint density at radius 1 is 0.304 bits per heavy atom. The first-order valence-corrected chi connectivity index (χ1v) is 13.9. The summed E-state index contributed by atoms with van der Waals surface area (Å²) in [5.41, 5.74) is -4.30. The molecular weight excluding hydrogens is 553 g/mol. The minimum absolute atomic E-state index is 0.170. The van der Waals surface area contributed by atoms with E-state index in [9.17, 15) is 15.1 Å². The Labute approximate surface area is 304 Å². The van der Waals surface area contributed by atoms with Crippen LogP contribution in [0.1, 0.15) is 34.3 Å². The molecule has 0 spiro atoms. The molecule has 46 heavy (non-hydrogen) atoms. The van der Waals surface area contributed by atoms with Gasteiger partial charge >= 0.3 is 0 Å². The second-order valence-corrected chi connectivity index (χ2v) is 10.1. The molecule has 0 aromatic heterocycles. The van der Waals surface area contributed by atoms with Crippen LogP contribution in [0.4, 0.5) is 0 Å². The third-order valence-corrected chi connectivity index (χ3v) is 7.50. The van der Waals surface area contributed by atoms with Crippen molar-refractivity contribution in [2.24, 2.45) is 0 Å². The van der Waals surface area contributed by atoms with Gasteiger partial charge in [-0.25, -0.2) is 0 Å². The first kappa shape index (κ1) is 11.4. The molecule has 9 aromatic rings. The molecule has 0 aliphatic heterocycles. The monoisotopic (exact) mass is 607 g/mol. The molecule has 0 saturated heterocycles. The lowest BCUT2D eigenvalue weighted by Gasteiger charge is -2.19. The molecule has 0 bridgehead atoms. The van der Waals surface area contributed by atoms with Crippen molar-refractivity contribution in [3.8, 4) is 44.5 Å². The molecule has 0 heteroatoms. The van der Waals surface area contributed by atoms with E-state index in [0.717, 1.165) is 0 Å². The molecule has 0 radical (unpaired) electrons. The zero-order valence-electron chi connectivity index (χ0n) is 48.4. The summed E-state index contributed by atoms with van der Waals surface area (Å²) in [5.74, 6) is 0. The molecule has 0 unspecified atom stereocenters. The fraction of sp³-hybridized carbons (Fsp3) is 0. The Morgan fingerprint density at radius 3 is 1.65 bits per heavy atom. The van der Waals surface area contributed by atoms with Crippen LogP contribution >= 0.6 is 0 Å². The normalized spacial score (nSPS) is 19.1. The van der Waals surface area contributed by atoms with Crippen molar-refractivity contribution in [1.29, 1.82) is 0 Å². The lowest BCUT2D eigenvalue weighted by Crippen LogP contribution is -1.92. The number of rotatable bonds is 4.